The summed E-state index contributed by atoms with van der Waals surface area (Å²) in [6.45, 7) is 3.58. The number of hydrogen-bond acceptors (Lipinski definition) is 4. The molecule has 0 aliphatic rings. The van der Waals surface area contributed by atoms with Crippen molar-refractivity contribution in [2.75, 3.05) is 25.2 Å². The van der Waals surface area contributed by atoms with E-state index in [1.165, 1.54) is 6.26 Å². The molecule has 114 valence electrons. The number of nitrogens with one attached hydrogen (secondary N) is 1. The van der Waals surface area contributed by atoms with E-state index in [9.17, 15) is 8.42 Å². The molecule has 0 spiro atoms. The lowest BCUT2D eigenvalue weighted by Gasteiger charge is -2.14. The standard InChI is InChI=1S/C13H19Cl2NO3S/c1-3-4-16-9-10-7-11(14)8-12(15)13(10)19-5-6-20(2,17)18/h7-8,16H,3-6,9H2,1-2H3. The molecule has 0 radical (unpaired) electrons. The second-order valence-electron chi connectivity index (χ2n) is 4.53. The maximum Gasteiger partial charge on any atom is 0.150 e. The van der Waals surface area contributed by atoms with Crippen molar-refractivity contribution in [3.8, 4) is 5.75 Å². The van der Waals surface area contributed by atoms with Gasteiger partial charge in [-0.25, -0.2) is 8.42 Å². The number of halogens is 2. The van der Waals surface area contributed by atoms with Crippen LogP contribution < -0.4 is 10.1 Å². The molecule has 1 aromatic rings. The van der Waals surface area contributed by atoms with E-state index < -0.39 is 9.84 Å². The zero-order valence-electron chi connectivity index (χ0n) is 11.6. The summed E-state index contributed by atoms with van der Waals surface area (Å²) in [6, 6.07) is 3.36. The molecular formula is C13H19Cl2NO3S. The molecule has 4 nitrogen and oxygen atoms in total. The van der Waals surface area contributed by atoms with Crippen LogP contribution in [0.15, 0.2) is 12.1 Å². The highest BCUT2D eigenvalue weighted by molar-refractivity contribution is 7.90. The van der Waals surface area contributed by atoms with Gasteiger partial charge in [0.2, 0.25) is 0 Å². The van der Waals surface area contributed by atoms with Gasteiger partial charge in [-0.15, -0.1) is 0 Å². The molecular weight excluding hydrogens is 321 g/mol. The van der Waals surface area contributed by atoms with Crippen LogP contribution in [-0.4, -0.2) is 33.6 Å². The van der Waals surface area contributed by atoms with Crippen LogP contribution in [0.25, 0.3) is 0 Å². The van der Waals surface area contributed by atoms with Crippen LogP contribution >= 0.6 is 23.2 Å². The first-order valence-electron chi connectivity index (χ1n) is 6.32. The van der Waals surface area contributed by atoms with Crippen molar-refractivity contribution in [3.63, 3.8) is 0 Å². The molecule has 0 atom stereocenters. The summed E-state index contributed by atoms with van der Waals surface area (Å²) in [7, 11) is -3.06. The van der Waals surface area contributed by atoms with E-state index in [2.05, 4.69) is 12.2 Å². The monoisotopic (exact) mass is 339 g/mol. The molecule has 0 aliphatic carbocycles. The molecule has 1 rings (SSSR count). The third-order valence-corrected chi connectivity index (χ3v) is 3.94. The Bertz CT molecular complexity index is 547. The summed E-state index contributed by atoms with van der Waals surface area (Å²) < 4.78 is 27.7. The fraction of sp³-hybridized carbons (Fsp3) is 0.538. The van der Waals surface area contributed by atoms with Crippen LogP contribution in [0.1, 0.15) is 18.9 Å². The molecule has 0 aliphatic heterocycles. The molecule has 0 fully saturated rings. The highest BCUT2D eigenvalue weighted by Crippen LogP contribution is 2.32. The van der Waals surface area contributed by atoms with Crippen molar-refractivity contribution in [2.45, 2.75) is 19.9 Å². The summed E-state index contributed by atoms with van der Waals surface area (Å²) in [4.78, 5) is 0. The van der Waals surface area contributed by atoms with Crippen molar-refractivity contribution in [3.05, 3.63) is 27.7 Å². The van der Waals surface area contributed by atoms with E-state index in [0.717, 1.165) is 18.5 Å². The van der Waals surface area contributed by atoms with E-state index in [0.29, 0.717) is 22.3 Å². The second-order valence-corrected chi connectivity index (χ2v) is 7.63. The smallest absolute Gasteiger partial charge is 0.150 e. The quantitative estimate of drug-likeness (QED) is 0.740. The molecule has 7 heteroatoms. The summed E-state index contributed by atoms with van der Waals surface area (Å²) >= 11 is 12.1. The number of sulfone groups is 1. The van der Waals surface area contributed by atoms with Gasteiger partial charge >= 0.3 is 0 Å². The highest BCUT2D eigenvalue weighted by Gasteiger charge is 2.12. The molecule has 0 heterocycles. The van der Waals surface area contributed by atoms with Crippen molar-refractivity contribution in [2.24, 2.45) is 0 Å². The largest absolute Gasteiger partial charge is 0.491 e. The molecule has 1 aromatic carbocycles. The summed E-state index contributed by atoms with van der Waals surface area (Å²) in [5, 5.41) is 4.15. The van der Waals surface area contributed by atoms with Gasteiger partial charge in [-0.1, -0.05) is 30.1 Å². The average Bonchev–Trinajstić information content (AvgIpc) is 2.31. The minimum atomic E-state index is -3.06. The number of rotatable bonds is 8. The Morgan fingerprint density at radius 3 is 2.60 bits per heavy atom. The SMILES string of the molecule is CCCNCc1cc(Cl)cc(Cl)c1OCCS(C)(=O)=O. The van der Waals surface area contributed by atoms with Crippen molar-refractivity contribution in [1.82, 2.24) is 5.32 Å². The van der Waals surface area contributed by atoms with Crippen LogP contribution in [0.5, 0.6) is 5.75 Å². The van der Waals surface area contributed by atoms with Gasteiger partial charge in [0.05, 0.1) is 10.8 Å². The van der Waals surface area contributed by atoms with Gasteiger partial charge in [0.15, 0.2) is 9.84 Å². The number of hydrogen-bond donors (Lipinski definition) is 1. The fourth-order valence-corrected chi connectivity index (χ4v) is 2.58. The molecule has 0 unspecified atom stereocenters. The highest BCUT2D eigenvalue weighted by atomic mass is 35.5. The summed E-state index contributed by atoms with van der Waals surface area (Å²) in [5.74, 6) is 0.441. The zero-order chi connectivity index (χ0) is 15.2. The molecule has 0 saturated heterocycles. The Morgan fingerprint density at radius 2 is 2.00 bits per heavy atom. The van der Waals surface area contributed by atoms with Crippen molar-refractivity contribution in [1.29, 1.82) is 0 Å². The van der Waals surface area contributed by atoms with Crippen LogP contribution in [0.4, 0.5) is 0 Å². The van der Waals surface area contributed by atoms with Gasteiger partial charge in [-0.3, -0.25) is 0 Å². The lowest BCUT2D eigenvalue weighted by Crippen LogP contribution is -2.17. The first kappa shape index (κ1) is 17.6. The minimum absolute atomic E-state index is 0.0478. The lowest BCUT2D eigenvalue weighted by molar-refractivity contribution is 0.336. The number of benzene rings is 1. The predicted molar refractivity (Wildman–Crippen MR) is 83.7 cm³/mol. The van der Waals surface area contributed by atoms with Crippen LogP contribution in [0.3, 0.4) is 0 Å². The third-order valence-electron chi connectivity index (χ3n) is 2.53. The van der Waals surface area contributed by atoms with Crippen LogP contribution in [0.2, 0.25) is 10.0 Å². The first-order valence-corrected chi connectivity index (χ1v) is 9.14. The van der Waals surface area contributed by atoms with Crippen molar-refractivity contribution >= 4 is 33.0 Å². The Balaban J connectivity index is 2.80. The van der Waals surface area contributed by atoms with E-state index >= 15 is 0 Å². The van der Waals surface area contributed by atoms with Gasteiger partial charge in [0, 0.05) is 23.4 Å². The van der Waals surface area contributed by atoms with Crippen molar-refractivity contribution < 1.29 is 13.2 Å². The Hall–Kier alpha value is -0.490. The van der Waals surface area contributed by atoms with E-state index in [1.807, 2.05) is 0 Å². The molecule has 0 aromatic heterocycles. The Labute approximate surface area is 130 Å². The second kappa shape index (κ2) is 8.08. The van der Waals surface area contributed by atoms with Gasteiger partial charge in [0.25, 0.3) is 0 Å². The Kier molecular flexibility index (Phi) is 7.09. The summed E-state index contributed by atoms with van der Waals surface area (Å²) in [6.07, 6.45) is 2.18. The van der Waals surface area contributed by atoms with E-state index in [4.69, 9.17) is 27.9 Å². The average molecular weight is 340 g/mol. The normalized spacial score (nSPS) is 11.6. The van der Waals surface area contributed by atoms with Gasteiger partial charge in [0.1, 0.15) is 12.4 Å². The van der Waals surface area contributed by atoms with E-state index in [1.54, 1.807) is 12.1 Å². The maximum absolute atomic E-state index is 11.1. The molecule has 0 bridgehead atoms. The van der Waals surface area contributed by atoms with Gasteiger partial charge in [-0.05, 0) is 25.1 Å². The first-order chi connectivity index (χ1) is 9.33. The fourth-order valence-electron chi connectivity index (χ4n) is 1.60. The lowest BCUT2D eigenvalue weighted by atomic mass is 10.2. The predicted octanol–water partition coefficient (Wildman–Crippen LogP) is 2.92. The maximum atomic E-state index is 11.1. The van der Waals surface area contributed by atoms with Crippen LogP contribution in [0, 0.1) is 0 Å². The molecule has 1 N–H and O–H groups in total. The van der Waals surface area contributed by atoms with E-state index in [-0.39, 0.29) is 12.4 Å². The Morgan fingerprint density at radius 1 is 1.30 bits per heavy atom. The topological polar surface area (TPSA) is 55.4 Å². The third kappa shape index (κ3) is 6.31. The zero-order valence-corrected chi connectivity index (χ0v) is 13.9. The minimum Gasteiger partial charge on any atom is -0.491 e. The van der Waals surface area contributed by atoms with Gasteiger partial charge in [-0.2, -0.15) is 0 Å². The summed E-state index contributed by atoms with van der Waals surface area (Å²) in [5.41, 5.74) is 0.824. The molecule has 0 saturated carbocycles. The van der Waals surface area contributed by atoms with Gasteiger partial charge < -0.3 is 10.1 Å². The molecule has 0 amide bonds. The van der Waals surface area contributed by atoms with Crippen LogP contribution in [-0.2, 0) is 16.4 Å². The number of ether oxygens (including phenoxy) is 1. The molecule has 20 heavy (non-hydrogen) atoms.